The second-order valence-corrected chi connectivity index (χ2v) is 11.9. The maximum Gasteiger partial charge on any atom is 0.324 e. The number of hydrogen-bond acceptors (Lipinski definition) is 7. The lowest BCUT2D eigenvalue weighted by Gasteiger charge is -2.26. The van der Waals surface area contributed by atoms with Gasteiger partial charge in [0.2, 0.25) is 0 Å². The number of hydrogen-bond donors (Lipinski definition) is 2. The molecule has 1 aliphatic rings. The van der Waals surface area contributed by atoms with Crippen LogP contribution in [0.15, 0.2) is 59.3 Å². The minimum Gasteiger partial charge on any atom is -0.379 e. The molecule has 0 bridgehead atoms. The van der Waals surface area contributed by atoms with Crippen LogP contribution in [0.25, 0.3) is 26.4 Å². The summed E-state index contributed by atoms with van der Waals surface area (Å²) in [5.74, 6) is 1.09. The standard InChI is InChI=1S/C29H32N6O3S/c1-29(2,3)25-17-26(33-38-25)32-27(36)30-21-7-5-20(6-8-21)22-18-35-23-16-19(4-9-24(23)39-28(35)31-22)10-11-34-12-14-37-15-13-34/h4-9,16-18H,10-15H2,1-3H3,(H2,30,32,33,36). The molecule has 10 heteroatoms. The molecular weight excluding hydrogens is 512 g/mol. The first-order valence-electron chi connectivity index (χ1n) is 13.2. The number of carbonyl (C=O) groups is 1. The summed E-state index contributed by atoms with van der Waals surface area (Å²) >= 11 is 1.69. The summed E-state index contributed by atoms with van der Waals surface area (Å²) < 4.78 is 14.2. The van der Waals surface area contributed by atoms with Gasteiger partial charge in [-0.05, 0) is 36.2 Å². The number of carbonyl (C=O) groups excluding carboxylic acids is 1. The van der Waals surface area contributed by atoms with Crippen molar-refractivity contribution >= 4 is 44.1 Å². The van der Waals surface area contributed by atoms with Crippen LogP contribution in [-0.2, 0) is 16.6 Å². The normalized spacial score (nSPS) is 14.7. The number of imidazole rings is 1. The summed E-state index contributed by atoms with van der Waals surface area (Å²) in [6, 6.07) is 15.7. The highest BCUT2D eigenvalue weighted by Crippen LogP contribution is 2.31. The number of thiazole rings is 1. The van der Waals surface area contributed by atoms with Crippen molar-refractivity contribution in [2.45, 2.75) is 32.6 Å². The molecule has 1 aliphatic heterocycles. The van der Waals surface area contributed by atoms with E-state index >= 15 is 0 Å². The number of urea groups is 1. The number of anilines is 2. The first-order chi connectivity index (χ1) is 18.8. The highest BCUT2D eigenvalue weighted by atomic mass is 32.1. The van der Waals surface area contributed by atoms with Crippen LogP contribution < -0.4 is 10.6 Å². The maximum absolute atomic E-state index is 12.4. The van der Waals surface area contributed by atoms with Crippen LogP contribution in [-0.4, -0.2) is 58.3 Å². The average Bonchev–Trinajstić information content (AvgIpc) is 3.63. The highest BCUT2D eigenvalue weighted by molar-refractivity contribution is 7.23. The minimum absolute atomic E-state index is 0.182. The van der Waals surface area contributed by atoms with Gasteiger partial charge in [0.05, 0.1) is 29.1 Å². The predicted octanol–water partition coefficient (Wildman–Crippen LogP) is 6.02. The second kappa shape index (κ2) is 10.4. The Balaban J connectivity index is 1.12. The molecule has 1 fully saturated rings. The zero-order chi connectivity index (χ0) is 27.0. The van der Waals surface area contributed by atoms with Crippen molar-refractivity contribution in [2.75, 3.05) is 43.5 Å². The van der Waals surface area contributed by atoms with Crippen LogP contribution in [0, 0.1) is 0 Å². The molecule has 2 aromatic carbocycles. The molecule has 0 unspecified atom stereocenters. The van der Waals surface area contributed by atoms with E-state index < -0.39 is 0 Å². The molecular formula is C29H32N6O3S. The molecule has 0 atom stereocenters. The Morgan fingerprint density at radius 3 is 2.59 bits per heavy atom. The molecule has 0 saturated carbocycles. The summed E-state index contributed by atoms with van der Waals surface area (Å²) in [4.78, 5) is 20.7. The van der Waals surface area contributed by atoms with Gasteiger partial charge in [0, 0.05) is 48.6 Å². The fourth-order valence-electron chi connectivity index (χ4n) is 4.64. The summed E-state index contributed by atoms with van der Waals surface area (Å²) in [6.45, 7) is 10.8. The van der Waals surface area contributed by atoms with Gasteiger partial charge in [-0.25, -0.2) is 9.78 Å². The number of ether oxygens (including phenoxy) is 1. The van der Waals surface area contributed by atoms with Crippen LogP contribution in [0.1, 0.15) is 32.1 Å². The van der Waals surface area contributed by atoms with Crippen molar-refractivity contribution in [1.29, 1.82) is 0 Å². The lowest BCUT2D eigenvalue weighted by Crippen LogP contribution is -2.37. The third-order valence-corrected chi connectivity index (χ3v) is 7.94. The number of morpholine rings is 1. The monoisotopic (exact) mass is 544 g/mol. The molecule has 0 radical (unpaired) electrons. The lowest BCUT2D eigenvalue weighted by molar-refractivity contribution is 0.0384. The van der Waals surface area contributed by atoms with Crippen molar-refractivity contribution in [3.63, 3.8) is 0 Å². The fourth-order valence-corrected chi connectivity index (χ4v) is 5.63. The largest absolute Gasteiger partial charge is 0.379 e. The SMILES string of the molecule is CC(C)(C)c1cc(NC(=O)Nc2ccc(-c3cn4c(n3)sc3ccc(CCN5CCOCC5)cc34)cc2)no1. The van der Waals surface area contributed by atoms with Gasteiger partial charge < -0.3 is 14.6 Å². The van der Waals surface area contributed by atoms with E-state index in [1.165, 1.54) is 15.8 Å². The Kier molecular flexibility index (Phi) is 6.84. The second-order valence-electron chi connectivity index (χ2n) is 10.9. The Hall–Kier alpha value is -3.73. The van der Waals surface area contributed by atoms with Crippen LogP contribution in [0.2, 0.25) is 0 Å². The minimum atomic E-state index is -0.380. The van der Waals surface area contributed by atoms with E-state index in [2.05, 4.69) is 49.5 Å². The quantitative estimate of drug-likeness (QED) is 0.271. The van der Waals surface area contributed by atoms with Crippen molar-refractivity contribution in [3.8, 4) is 11.3 Å². The topological polar surface area (TPSA) is 96.9 Å². The Labute approximate surface area is 230 Å². The van der Waals surface area contributed by atoms with Gasteiger partial charge in [-0.1, -0.05) is 55.5 Å². The number of benzene rings is 2. The molecule has 4 heterocycles. The molecule has 5 aromatic rings. The van der Waals surface area contributed by atoms with Crippen LogP contribution in [0.3, 0.4) is 0 Å². The summed E-state index contributed by atoms with van der Waals surface area (Å²) in [6.07, 6.45) is 3.11. The predicted molar refractivity (Wildman–Crippen MR) is 155 cm³/mol. The first-order valence-corrected chi connectivity index (χ1v) is 14.0. The van der Waals surface area contributed by atoms with Crippen molar-refractivity contribution in [2.24, 2.45) is 0 Å². The smallest absolute Gasteiger partial charge is 0.324 e. The molecule has 0 aliphatic carbocycles. The zero-order valence-corrected chi connectivity index (χ0v) is 23.2. The number of fused-ring (bicyclic) bond motifs is 3. The third-order valence-electron chi connectivity index (χ3n) is 6.91. The van der Waals surface area contributed by atoms with Gasteiger partial charge >= 0.3 is 6.03 Å². The van der Waals surface area contributed by atoms with Gasteiger partial charge in [-0.15, -0.1) is 0 Å². The zero-order valence-electron chi connectivity index (χ0n) is 22.4. The molecule has 2 N–H and O–H groups in total. The highest BCUT2D eigenvalue weighted by Gasteiger charge is 2.20. The molecule has 39 heavy (non-hydrogen) atoms. The maximum atomic E-state index is 12.4. The lowest BCUT2D eigenvalue weighted by atomic mass is 9.93. The molecule has 9 nitrogen and oxygen atoms in total. The van der Waals surface area contributed by atoms with Gasteiger partial charge in [0.1, 0.15) is 5.76 Å². The summed E-state index contributed by atoms with van der Waals surface area (Å²) in [7, 11) is 0. The number of nitrogens with zero attached hydrogens (tertiary/aromatic N) is 4. The number of rotatable bonds is 6. The Bertz CT molecular complexity index is 1610. The van der Waals surface area contributed by atoms with Crippen LogP contribution in [0.5, 0.6) is 0 Å². The molecule has 1 saturated heterocycles. The van der Waals surface area contributed by atoms with E-state index in [4.69, 9.17) is 14.2 Å². The molecule has 2 amide bonds. The number of amides is 2. The van der Waals surface area contributed by atoms with E-state index in [1.807, 2.05) is 45.0 Å². The van der Waals surface area contributed by atoms with E-state index in [0.717, 1.165) is 55.5 Å². The van der Waals surface area contributed by atoms with Crippen LogP contribution >= 0.6 is 11.3 Å². The van der Waals surface area contributed by atoms with Crippen LogP contribution in [0.4, 0.5) is 16.3 Å². The Morgan fingerprint density at radius 1 is 1.05 bits per heavy atom. The first kappa shape index (κ1) is 25.5. The van der Waals surface area contributed by atoms with Crippen molar-refractivity contribution in [1.82, 2.24) is 19.4 Å². The number of nitrogens with one attached hydrogen (secondary N) is 2. The van der Waals surface area contributed by atoms with Crippen molar-refractivity contribution < 1.29 is 14.1 Å². The van der Waals surface area contributed by atoms with Crippen molar-refractivity contribution in [3.05, 3.63) is 66.1 Å². The van der Waals surface area contributed by atoms with Gasteiger partial charge in [-0.3, -0.25) is 14.6 Å². The third kappa shape index (κ3) is 5.68. The van der Waals surface area contributed by atoms with E-state index in [1.54, 1.807) is 17.4 Å². The summed E-state index contributed by atoms with van der Waals surface area (Å²) in [5, 5.41) is 9.48. The Morgan fingerprint density at radius 2 is 1.85 bits per heavy atom. The number of aromatic nitrogens is 3. The average molecular weight is 545 g/mol. The van der Waals surface area contributed by atoms with Gasteiger partial charge in [0.25, 0.3) is 0 Å². The molecule has 6 rings (SSSR count). The molecule has 202 valence electrons. The molecule has 0 spiro atoms. The molecule has 3 aromatic heterocycles. The van der Waals surface area contributed by atoms with E-state index in [-0.39, 0.29) is 11.4 Å². The van der Waals surface area contributed by atoms with E-state index in [9.17, 15) is 4.79 Å². The summed E-state index contributed by atoms with van der Waals surface area (Å²) in [5.41, 5.74) is 4.89. The van der Waals surface area contributed by atoms with Gasteiger partial charge in [-0.2, -0.15) is 0 Å². The fraction of sp³-hybridized carbons (Fsp3) is 0.345. The van der Waals surface area contributed by atoms with E-state index in [0.29, 0.717) is 17.3 Å². The van der Waals surface area contributed by atoms with Gasteiger partial charge in [0.15, 0.2) is 10.8 Å².